The maximum Gasteiger partial charge on any atom is 0.136 e. The van der Waals surface area contributed by atoms with Gasteiger partial charge in [-0.05, 0) is 123 Å². The third-order valence-corrected chi connectivity index (χ3v) is 13.4. The van der Waals surface area contributed by atoms with Crippen LogP contribution in [0.5, 0.6) is 0 Å². The normalized spacial score (nSPS) is 15.2. The Hall–Kier alpha value is -6.58. The summed E-state index contributed by atoms with van der Waals surface area (Å²) in [5.74, 6) is 0. The minimum absolute atomic E-state index is 0.0833. The summed E-state index contributed by atoms with van der Waals surface area (Å²) in [5.41, 5.74) is 14.6. The first kappa shape index (κ1) is 32.6. The number of fused-ring (bicyclic) bond motifs is 12. The van der Waals surface area contributed by atoms with Gasteiger partial charge in [-0.15, -0.1) is 0 Å². The van der Waals surface area contributed by atoms with Gasteiger partial charge in [0.25, 0.3) is 0 Å². The van der Waals surface area contributed by atoms with Crippen molar-refractivity contribution in [3.8, 4) is 22.5 Å². The van der Waals surface area contributed by atoms with E-state index < -0.39 is 0 Å². The molecule has 0 fully saturated rings. The van der Waals surface area contributed by atoms with E-state index in [1.165, 1.54) is 95.2 Å². The molecule has 0 amide bonds. The highest BCUT2D eigenvalue weighted by molar-refractivity contribution is 6.25. The SMILES string of the molecule is CC1(C)CCC(C)(C)c2cc3c(cc21)c1cc2c4c5ccccc5ccc4n(-c4ccccc4)c2cc1n3-c1ccc(-c2cccc3oc4ccccc4c23)cc1. The average Bonchev–Trinajstić information content (AvgIpc) is 3.89. The number of hydrogen-bond acceptors (Lipinski definition) is 1. The Kier molecular flexibility index (Phi) is 6.58. The number of aromatic nitrogens is 2. The van der Waals surface area contributed by atoms with Crippen molar-refractivity contribution in [1.29, 1.82) is 0 Å². The van der Waals surface area contributed by atoms with Crippen LogP contribution < -0.4 is 0 Å². The second-order valence-electron chi connectivity index (χ2n) is 17.6. The molecule has 0 atom stereocenters. The second-order valence-corrected chi connectivity index (χ2v) is 17.6. The van der Waals surface area contributed by atoms with Gasteiger partial charge in [0.15, 0.2) is 0 Å². The lowest BCUT2D eigenvalue weighted by Crippen LogP contribution is -2.33. The molecule has 3 heterocycles. The largest absolute Gasteiger partial charge is 0.456 e. The molecule has 0 unspecified atom stereocenters. The molecule has 274 valence electrons. The molecule has 12 rings (SSSR count). The predicted molar refractivity (Wildman–Crippen MR) is 241 cm³/mol. The molecule has 8 aromatic carbocycles. The molecule has 3 heteroatoms. The first-order valence-corrected chi connectivity index (χ1v) is 20.3. The molecular weight excluding hydrogens is 693 g/mol. The van der Waals surface area contributed by atoms with Crippen LogP contribution in [-0.2, 0) is 10.8 Å². The molecule has 11 aromatic rings. The van der Waals surface area contributed by atoms with Crippen LogP contribution >= 0.6 is 0 Å². The van der Waals surface area contributed by atoms with Crippen molar-refractivity contribution in [1.82, 2.24) is 9.13 Å². The van der Waals surface area contributed by atoms with Crippen LogP contribution in [0.3, 0.4) is 0 Å². The van der Waals surface area contributed by atoms with Crippen LogP contribution in [0.4, 0.5) is 0 Å². The van der Waals surface area contributed by atoms with Gasteiger partial charge in [-0.1, -0.05) is 119 Å². The zero-order chi connectivity index (χ0) is 38.2. The quantitative estimate of drug-likeness (QED) is 0.177. The fourth-order valence-corrected chi connectivity index (χ4v) is 10.3. The Morgan fingerprint density at radius 2 is 1.04 bits per heavy atom. The van der Waals surface area contributed by atoms with Crippen molar-refractivity contribution in [2.75, 3.05) is 0 Å². The standard InChI is InChI=1S/C54H42N2O/c1-53(2)27-28-54(3,4)44-31-46-41(30-43(44)53)40-29-42-48(55(35-14-6-5-7-15-35)45-26-23-33-13-8-9-16-37(33)51(42)45)32-47(40)56(46)36-24-21-34(22-25-36)38-18-12-20-50-52(38)39-17-10-11-19-49(39)57-50/h5-26,29-32H,27-28H2,1-4H3. The molecule has 0 radical (unpaired) electrons. The molecule has 0 saturated heterocycles. The minimum Gasteiger partial charge on any atom is -0.456 e. The number of benzene rings is 8. The van der Waals surface area contributed by atoms with Crippen molar-refractivity contribution in [2.45, 2.75) is 51.4 Å². The maximum atomic E-state index is 6.29. The van der Waals surface area contributed by atoms with Gasteiger partial charge in [0, 0.05) is 43.7 Å². The van der Waals surface area contributed by atoms with Gasteiger partial charge in [0.1, 0.15) is 11.2 Å². The van der Waals surface area contributed by atoms with Crippen LogP contribution in [0.2, 0.25) is 0 Å². The van der Waals surface area contributed by atoms with Crippen LogP contribution in [0.1, 0.15) is 51.7 Å². The third-order valence-electron chi connectivity index (χ3n) is 13.4. The molecule has 0 N–H and O–H groups in total. The van der Waals surface area contributed by atoms with Gasteiger partial charge >= 0.3 is 0 Å². The van der Waals surface area contributed by atoms with Crippen molar-refractivity contribution in [3.05, 3.63) is 169 Å². The highest BCUT2D eigenvalue weighted by Gasteiger charge is 2.38. The first-order chi connectivity index (χ1) is 27.7. The van der Waals surface area contributed by atoms with Gasteiger partial charge in [-0.3, -0.25) is 0 Å². The minimum atomic E-state index is 0.0833. The molecule has 0 saturated carbocycles. The fourth-order valence-electron chi connectivity index (χ4n) is 10.3. The number of furan rings is 1. The third kappa shape index (κ3) is 4.60. The van der Waals surface area contributed by atoms with E-state index >= 15 is 0 Å². The summed E-state index contributed by atoms with van der Waals surface area (Å²) in [6, 6.07) is 58.3. The van der Waals surface area contributed by atoms with E-state index in [9.17, 15) is 0 Å². The summed E-state index contributed by atoms with van der Waals surface area (Å²) in [4.78, 5) is 0. The molecule has 1 aliphatic rings. The fraction of sp³-hybridized carbons (Fsp3) is 0.148. The lowest BCUT2D eigenvalue weighted by atomic mass is 9.63. The topological polar surface area (TPSA) is 23.0 Å². The number of hydrogen-bond donors (Lipinski definition) is 0. The average molecular weight is 735 g/mol. The summed E-state index contributed by atoms with van der Waals surface area (Å²) >= 11 is 0. The lowest BCUT2D eigenvalue weighted by molar-refractivity contribution is 0.332. The van der Waals surface area contributed by atoms with Gasteiger partial charge in [-0.2, -0.15) is 0 Å². The molecule has 0 aliphatic heterocycles. The molecule has 1 aliphatic carbocycles. The van der Waals surface area contributed by atoms with Crippen molar-refractivity contribution < 1.29 is 4.42 Å². The summed E-state index contributed by atoms with van der Waals surface area (Å²) in [5, 5.41) is 10.1. The van der Waals surface area contributed by atoms with E-state index in [0.29, 0.717) is 0 Å². The van der Waals surface area contributed by atoms with Gasteiger partial charge in [0.2, 0.25) is 0 Å². The van der Waals surface area contributed by atoms with Gasteiger partial charge < -0.3 is 13.6 Å². The van der Waals surface area contributed by atoms with E-state index in [-0.39, 0.29) is 10.8 Å². The van der Waals surface area contributed by atoms with Crippen LogP contribution in [0.15, 0.2) is 162 Å². The second kappa shape index (κ2) is 11.5. The van der Waals surface area contributed by atoms with Crippen LogP contribution in [-0.4, -0.2) is 9.13 Å². The molecule has 0 bridgehead atoms. The van der Waals surface area contributed by atoms with Gasteiger partial charge in [-0.25, -0.2) is 0 Å². The van der Waals surface area contributed by atoms with E-state index in [1.807, 2.05) is 6.07 Å². The van der Waals surface area contributed by atoms with E-state index in [1.54, 1.807) is 0 Å². The monoisotopic (exact) mass is 734 g/mol. The predicted octanol–water partition coefficient (Wildman–Crippen LogP) is 14.9. The highest BCUT2D eigenvalue weighted by Crippen LogP contribution is 2.50. The lowest BCUT2D eigenvalue weighted by Gasteiger charge is -2.42. The van der Waals surface area contributed by atoms with E-state index in [4.69, 9.17) is 4.42 Å². The Morgan fingerprint density at radius 3 is 1.84 bits per heavy atom. The first-order valence-electron chi connectivity index (χ1n) is 20.3. The van der Waals surface area contributed by atoms with Crippen LogP contribution in [0, 0.1) is 0 Å². The number of para-hydroxylation sites is 2. The smallest absolute Gasteiger partial charge is 0.136 e. The number of nitrogens with zero attached hydrogens (tertiary/aromatic N) is 2. The highest BCUT2D eigenvalue weighted by atomic mass is 16.3. The Morgan fingerprint density at radius 1 is 0.421 bits per heavy atom. The van der Waals surface area contributed by atoms with Crippen molar-refractivity contribution in [2.24, 2.45) is 0 Å². The number of rotatable bonds is 3. The Bertz CT molecular complexity index is 3440. The van der Waals surface area contributed by atoms with Crippen molar-refractivity contribution >= 4 is 76.3 Å². The zero-order valence-electron chi connectivity index (χ0n) is 32.7. The van der Waals surface area contributed by atoms with E-state index in [0.717, 1.165) is 27.6 Å². The Balaban J connectivity index is 1.18. The maximum absolute atomic E-state index is 6.29. The molecule has 0 spiro atoms. The summed E-state index contributed by atoms with van der Waals surface area (Å²) < 4.78 is 11.3. The summed E-state index contributed by atoms with van der Waals surface area (Å²) in [7, 11) is 0. The van der Waals surface area contributed by atoms with Crippen molar-refractivity contribution in [3.63, 3.8) is 0 Å². The molecule has 3 nitrogen and oxygen atoms in total. The summed E-state index contributed by atoms with van der Waals surface area (Å²) in [6.07, 6.45) is 2.35. The van der Waals surface area contributed by atoms with E-state index in [2.05, 4.69) is 188 Å². The molecule has 3 aromatic heterocycles. The van der Waals surface area contributed by atoms with Gasteiger partial charge in [0.05, 0.1) is 22.1 Å². The summed E-state index contributed by atoms with van der Waals surface area (Å²) in [6.45, 7) is 9.74. The zero-order valence-corrected chi connectivity index (χ0v) is 32.7. The molecular formula is C54H42N2O. The Labute approximate surface area is 331 Å². The molecule has 57 heavy (non-hydrogen) atoms. The van der Waals surface area contributed by atoms with Crippen LogP contribution in [0.25, 0.3) is 98.8 Å².